The van der Waals surface area contributed by atoms with Crippen LogP contribution in [0.4, 0.5) is 0 Å². The van der Waals surface area contributed by atoms with Crippen LogP contribution in [0.15, 0.2) is 24.3 Å². The van der Waals surface area contributed by atoms with E-state index in [4.69, 9.17) is 4.74 Å². The fraction of sp³-hybridized carbons (Fsp3) is 0.625. The molecule has 0 spiro atoms. The molecule has 0 amide bonds. The fourth-order valence-electron chi connectivity index (χ4n) is 2.74. The van der Waals surface area contributed by atoms with Crippen LogP contribution in [0.3, 0.4) is 0 Å². The van der Waals surface area contributed by atoms with Crippen molar-refractivity contribution in [2.45, 2.75) is 51.7 Å². The van der Waals surface area contributed by atoms with Gasteiger partial charge >= 0.3 is 0 Å². The van der Waals surface area contributed by atoms with Gasteiger partial charge in [-0.3, -0.25) is 0 Å². The van der Waals surface area contributed by atoms with Gasteiger partial charge in [-0.2, -0.15) is 0 Å². The molecule has 1 aliphatic carbocycles. The van der Waals surface area contributed by atoms with Crippen LogP contribution >= 0.6 is 0 Å². The molecule has 1 aromatic carbocycles. The molecule has 1 N–H and O–H groups in total. The Morgan fingerprint density at radius 2 is 1.94 bits per heavy atom. The predicted molar refractivity (Wildman–Crippen MR) is 73.9 cm³/mol. The van der Waals surface area contributed by atoms with E-state index in [1.165, 1.54) is 18.4 Å². The lowest BCUT2D eigenvalue weighted by Crippen LogP contribution is -2.40. The number of hydrogen-bond acceptors (Lipinski definition) is 2. The van der Waals surface area contributed by atoms with E-state index in [1.807, 2.05) is 0 Å². The summed E-state index contributed by atoms with van der Waals surface area (Å²) >= 11 is 0. The molecule has 3 rings (SSSR count). The fourth-order valence-corrected chi connectivity index (χ4v) is 2.74. The summed E-state index contributed by atoms with van der Waals surface area (Å²) in [7, 11) is 0. The lowest BCUT2D eigenvalue weighted by atomic mass is 9.89. The number of nitrogens with one attached hydrogen (secondary N) is 1. The molecule has 1 saturated carbocycles. The van der Waals surface area contributed by atoms with Crippen LogP contribution in [-0.4, -0.2) is 12.1 Å². The van der Waals surface area contributed by atoms with E-state index >= 15 is 0 Å². The quantitative estimate of drug-likeness (QED) is 0.877. The van der Waals surface area contributed by atoms with Crippen molar-refractivity contribution in [3.63, 3.8) is 0 Å². The van der Waals surface area contributed by atoms with Gasteiger partial charge < -0.3 is 10.1 Å². The molecule has 1 fully saturated rings. The van der Waals surface area contributed by atoms with Crippen LogP contribution < -0.4 is 10.1 Å². The van der Waals surface area contributed by atoms with E-state index in [0.29, 0.717) is 11.5 Å². The number of benzene rings is 1. The molecule has 1 heterocycles. The zero-order valence-electron chi connectivity index (χ0n) is 11.6. The molecule has 0 bridgehead atoms. The highest BCUT2D eigenvalue weighted by molar-refractivity contribution is 5.38. The molecule has 2 heteroatoms. The molecule has 2 aliphatic rings. The van der Waals surface area contributed by atoms with Crippen LogP contribution in [0.2, 0.25) is 0 Å². The van der Waals surface area contributed by atoms with Crippen molar-refractivity contribution in [2.24, 2.45) is 5.41 Å². The van der Waals surface area contributed by atoms with Crippen molar-refractivity contribution < 1.29 is 4.74 Å². The number of para-hydroxylation sites is 1. The Morgan fingerprint density at radius 1 is 1.22 bits per heavy atom. The van der Waals surface area contributed by atoms with Crippen molar-refractivity contribution in [1.82, 2.24) is 5.32 Å². The summed E-state index contributed by atoms with van der Waals surface area (Å²) in [5.41, 5.74) is 1.80. The standard InChI is InChI=1S/C16H23NO/c1-15(2)10-13(17-11-16(3)8-9-16)12-6-4-5-7-14(12)18-15/h4-7,13,17H,8-11H2,1-3H3. The van der Waals surface area contributed by atoms with Gasteiger partial charge in [0.25, 0.3) is 0 Å². The first kappa shape index (κ1) is 12.0. The Morgan fingerprint density at radius 3 is 2.67 bits per heavy atom. The van der Waals surface area contributed by atoms with Gasteiger partial charge in [0, 0.05) is 24.6 Å². The SMILES string of the molecule is CC1(CNC2CC(C)(C)Oc3ccccc32)CC1. The minimum absolute atomic E-state index is 0.0729. The van der Waals surface area contributed by atoms with Gasteiger partial charge in [0.1, 0.15) is 11.4 Å². The van der Waals surface area contributed by atoms with Crippen LogP contribution in [0.5, 0.6) is 5.75 Å². The molecule has 1 unspecified atom stereocenters. The van der Waals surface area contributed by atoms with Gasteiger partial charge in [-0.1, -0.05) is 25.1 Å². The second-order valence-corrected chi connectivity index (χ2v) is 6.85. The third kappa shape index (κ3) is 2.39. The first-order valence-electron chi connectivity index (χ1n) is 6.99. The Labute approximate surface area is 110 Å². The Hall–Kier alpha value is -1.02. The van der Waals surface area contributed by atoms with Gasteiger partial charge in [-0.25, -0.2) is 0 Å². The predicted octanol–water partition coefficient (Wildman–Crippen LogP) is 3.68. The van der Waals surface area contributed by atoms with Crippen LogP contribution in [0.25, 0.3) is 0 Å². The normalized spacial score (nSPS) is 27.2. The van der Waals surface area contributed by atoms with Crippen molar-refractivity contribution in [3.8, 4) is 5.75 Å². The van der Waals surface area contributed by atoms with Gasteiger partial charge in [0.15, 0.2) is 0 Å². The Bertz CT molecular complexity index is 448. The highest BCUT2D eigenvalue weighted by atomic mass is 16.5. The zero-order chi connectivity index (χ0) is 12.8. The van der Waals surface area contributed by atoms with Gasteiger partial charge in [-0.05, 0) is 38.2 Å². The second-order valence-electron chi connectivity index (χ2n) is 6.85. The average Bonchev–Trinajstić information content (AvgIpc) is 3.03. The smallest absolute Gasteiger partial charge is 0.124 e. The minimum Gasteiger partial charge on any atom is -0.487 e. The minimum atomic E-state index is -0.0729. The van der Waals surface area contributed by atoms with Gasteiger partial charge in [0.2, 0.25) is 0 Å². The number of ether oxygens (including phenoxy) is 1. The van der Waals surface area contributed by atoms with E-state index in [2.05, 4.69) is 50.4 Å². The van der Waals surface area contributed by atoms with E-state index in [-0.39, 0.29) is 5.60 Å². The molecule has 98 valence electrons. The molecule has 2 nitrogen and oxygen atoms in total. The topological polar surface area (TPSA) is 21.3 Å². The van der Waals surface area contributed by atoms with E-state index in [0.717, 1.165) is 18.7 Å². The average molecular weight is 245 g/mol. The lowest BCUT2D eigenvalue weighted by molar-refractivity contribution is 0.0651. The summed E-state index contributed by atoms with van der Waals surface area (Å²) in [6, 6.07) is 8.87. The monoisotopic (exact) mass is 245 g/mol. The van der Waals surface area contributed by atoms with Crippen molar-refractivity contribution in [2.75, 3.05) is 6.54 Å². The summed E-state index contributed by atoms with van der Waals surface area (Å²) in [4.78, 5) is 0. The molecular formula is C16H23NO. The maximum atomic E-state index is 6.06. The molecule has 1 atom stereocenters. The van der Waals surface area contributed by atoms with E-state index < -0.39 is 0 Å². The zero-order valence-corrected chi connectivity index (χ0v) is 11.6. The maximum absolute atomic E-state index is 6.06. The molecular weight excluding hydrogens is 222 g/mol. The highest BCUT2D eigenvalue weighted by Crippen LogP contribution is 2.45. The number of rotatable bonds is 3. The highest BCUT2D eigenvalue weighted by Gasteiger charge is 2.39. The van der Waals surface area contributed by atoms with Gasteiger partial charge in [0.05, 0.1) is 0 Å². The number of hydrogen-bond donors (Lipinski definition) is 1. The van der Waals surface area contributed by atoms with Gasteiger partial charge in [-0.15, -0.1) is 0 Å². The summed E-state index contributed by atoms with van der Waals surface area (Å²) in [6.45, 7) is 7.85. The summed E-state index contributed by atoms with van der Waals surface area (Å²) in [6.07, 6.45) is 3.78. The van der Waals surface area contributed by atoms with Crippen LogP contribution in [-0.2, 0) is 0 Å². The van der Waals surface area contributed by atoms with Crippen LogP contribution in [0, 0.1) is 5.41 Å². The molecule has 0 radical (unpaired) electrons. The Kier molecular flexibility index (Phi) is 2.67. The summed E-state index contributed by atoms with van der Waals surface area (Å²) in [5.74, 6) is 1.05. The lowest BCUT2D eigenvalue weighted by Gasteiger charge is -2.38. The molecule has 1 aromatic rings. The van der Waals surface area contributed by atoms with Crippen LogP contribution in [0.1, 0.15) is 51.6 Å². The third-order valence-corrected chi connectivity index (χ3v) is 4.26. The van der Waals surface area contributed by atoms with Crippen molar-refractivity contribution in [1.29, 1.82) is 0 Å². The number of fused-ring (bicyclic) bond motifs is 1. The van der Waals surface area contributed by atoms with E-state index in [1.54, 1.807) is 0 Å². The largest absolute Gasteiger partial charge is 0.487 e. The molecule has 18 heavy (non-hydrogen) atoms. The molecule has 0 saturated heterocycles. The Balaban J connectivity index is 1.80. The first-order chi connectivity index (χ1) is 8.48. The summed E-state index contributed by atoms with van der Waals surface area (Å²) < 4.78 is 6.06. The third-order valence-electron chi connectivity index (χ3n) is 4.26. The first-order valence-corrected chi connectivity index (χ1v) is 6.99. The van der Waals surface area contributed by atoms with E-state index in [9.17, 15) is 0 Å². The maximum Gasteiger partial charge on any atom is 0.124 e. The molecule has 1 aliphatic heterocycles. The molecule has 0 aromatic heterocycles. The second kappa shape index (κ2) is 3.99. The van der Waals surface area contributed by atoms with Crippen molar-refractivity contribution in [3.05, 3.63) is 29.8 Å². The van der Waals surface area contributed by atoms with Crippen molar-refractivity contribution >= 4 is 0 Å². The summed E-state index contributed by atoms with van der Waals surface area (Å²) in [5, 5.41) is 3.76.